The number of carbonyl (C=O) groups excluding carboxylic acids is 1. The van der Waals surface area contributed by atoms with Crippen molar-refractivity contribution in [2.45, 2.75) is 31.9 Å². The molecule has 6 heteroatoms. The van der Waals surface area contributed by atoms with Gasteiger partial charge in [-0.15, -0.1) is 11.3 Å². The molecule has 1 aliphatic heterocycles. The second-order valence-electron chi connectivity index (χ2n) is 5.62. The van der Waals surface area contributed by atoms with Gasteiger partial charge in [-0.25, -0.2) is 4.98 Å². The van der Waals surface area contributed by atoms with Crippen molar-refractivity contribution in [3.8, 4) is 10.6 Å². The molecule has 23 heavy (non-hydrogen) atoms. The summed E-state index contributed by atoms with van der Waals surface area (Å²) in [5.74, 6) is -0.00976. The van der Waals surface area contributed by atoms with Gasteiger partial charge in [0.15, 0.2) is 0 Å². The maximum Gasteiger partial charge on any atom is 0.226 e. The minimum absolute atomic E-state index is 0.00976. The number of aromatic nitrogens is 1. The highest BCUT2D eigenvalue weighted by molar-refractivity contribution is 7.13. The second kappa shape index (κ2) is 7.68. The van der Waals surface area contributed by atoms with Crippen LogP contribution in [0.15, 0.2) is 29.6 Å². The molecule has 1 aliphatic rings. The molecule has 2 heterocycles. The largest absolute Gasteiger partial charge is 0.376 e. The Bertz CT molecular complexity index is 665. The zero-order valence-corrected chi connectivity index (χ0v) is 13.8. The van der Waals surface area contributed by atoms with Crippen LogP contribution in [0, 0.1) is 0 Å². The van der Waals surface area contributed by atoms with Crippen molar-refractivity contribution in [2.24, 2.45) is 5.73 Å². The molecule has 1 aromatic heterocycles. The van der Waals surface area contributed by atoms with Crippen LogP contribution in [0.3, 0.4) is 0 Å². The maximum atomic E-state index is 12.0. The minimum atomic E-state index is -0.00976. The highest BCUT2D eigenvalue weighted by atomic mass is 32.1. The Morgan fingerprint density at radius 1 is 1.43 bits per heavy atom. The SMILES string of the molecule is NCc1ccccc1-c1nc(CC(=O)NCC2CCCO2)cs1. The fourth-order valence-corrected chi connectivity index (χ4v) is 3.56. The van der Waals surface area contributed by atoms with Gasteiger partial charge in [0.2, 0.25) is 5.91 Å². The lowest BCUT2D eigenvalue weighted by molar-refractivity contribution is -0.121. The zero-order valence-electron chi connectivity index (χ0n) is 13.0. The smallest absolute Gasteiger partial charge is 0.226 e. The van der Waals surface area contributed by atoms with Crippen molar-refractivity contribution in [2.75, 3.05) is 13.2 Å². The molecular weight excluding hydrogens is 310 g/mol. The van der Waals surface area contributed by atoms with E-state index < -0.39 is 0 Å². The quantitative estimate of drug-likeness (QED) is 0.850. The van der Waals surface area contributed by atoms with Crippen LogP contribution in [0.25, 0.3) is 10.6 Å². The van der Waals surface area contributed by atoms with Crippen LogP contribution < -0.4 is 11.1 Å². The molecule has 2 aromatic rings. The molecule has 0 saturated carbocycles. The molecule has 1 aromatic carbocycles. The van der Waals surface area contributed by atoms with Crippen LogP contribution in [-0.4, -0.2) is 30.1 Å². The molecule has 0 bridgehead atoms. The summed E-state index contributed by atoms with van der Waals surface area (Å²) in [5, 5.41) is 5.77. The van der Waals surface area contributed by atoms with E-state index in [1.165, 1.54) is 0 Å². The average molecular weight is 331 g/mol. The molecule has 0 radical (unpaired) electrons. The Morgan fingerprint density at radius 3 is 3.09 bits per heavy atom. The van der Waals surface area contributed by atoms with Crippen LogP contribution in [0.2, 0.25) is 0 Å². The Balaban J connectivity index is 1.59. The first-order chi connectivity index (χ1) is 11.3. The van der Waals surface area contributed by atoms with Gasteiger partial charge in [0, 0.05) is 30.6 Å². The summed E-state index contributed by atoms with van der Waals surface area (Å²) in [6.45, 7) is 1.87. The topological polar surface area (TPSA) is 77.2 Å². The van der Waals surface area contributed by atoms with E-state index in [1.54, 1.807) is 11.3 Å². The van der Waals surface area contributed by atoms with E-state index in [2.05, 4.69) is 10.3 Å². The monoisotopic (exact) mass is 331 g/mol. The molecule has 1 atom stereocenters. The Kier molecular flexibility index (Phi) is 5.38. The van der Waals surface area contributed by atoms with Gasteiger partial charge in [0.05, 0.1) is 18.2 Å². The van der Waals surface area contributed by atoms with Gasteiger partial charge in [-0.05, 0) is 18.4 Å². The summed E-state index contributed by atoms with van der Waals surface area (Å²) in [4.78, 5) is 16.6. The van der Waals surface area contributed by atoms with Crippen molar-refractivity contribution < 1.29 is 9.53 Å². The molecule has 3 N–H and O–H groups in total. The third kappa shape index (κ3) is 4.16. The van der Waals surface area contributed by atoms with Gasteiger partial charge in [0.1, 0.15) is 5.01 Å². The average Bonchev–Trinajstić information content (AvgIpc) is 3.24. The van der Waals surface area contributed by atoms with Gasteiger partial charge < -0.3 is 15.8 Å². The first-order valence-electron chi connectivity index (χ1n) is 7.87. The first-order valence-corrected chi connectivity index (χ1v) is 8.75. The molecule has 1 saturated heterocycles. The summed E-state index contributed by atoms with van der Waals surface area (Å²) in [6, 6.07) is 7.97. The van der Waals surface area contributed by atoms with Crippen LogP contribution >= 0.6 is 11.3 Å². The third-order valence-corrected chi connectivity index (χ3v) is 4.84. The minimum Gasteiger partial charge on any atom is -0.376 e. The number of hydrogen-bond donors (Lipinski definition) is 2. The summed E-state index contributed by atoms with van der Waals surface area (Å²) in [7, 11) is 0. The molecule has 0 aliphatic carbocycles. The van der Waals surface area contributed by atoms with Crippen molar-refractivity contribution in [1.29, 1.82) is 0 Å². The summed E-state index contributed by atoms with van der Waals surface area (Å²) < 4.78 is 5.50. The summed E-state index contributed by atoms with van der Waals surface area (Å²) in [6.07, 6.45) is 2.57. The highest BCUT2D eigenvalue weighted by Crippen LogP contribution is 2.27. The molecular formula is C17H21N3O2S. The van der Waals surface area contributed by atoms with Crippen LogP contribution in [0.1, 0.15) is 24.1 Å². The van der Waals surface area contributed by atoms with Crippen LogP contribution in [0.4, 0.5) is 0 Å². The van der Waals surface area contributed by atoms with Crippen molar-refractivity contribution >= 4 is 17.2 Å². The lowest BCUT2D eigenvalue weighted by Gasteiger charge is -2.10. The molecule has 1 unspecified atom stereocenters. The van der Waals surface area contributed by atoms with E-state index in [-0.39, 0.29) is 12.0 Å². The number of benzene rings is 1. The van der Waals surface area contributed by atoms with E-state index in [1.807, 2.05) is 29.6 Å². The molecule has 5 nitrogen and oxygen atoms in total. The fourth-order valence-electron chi connectivity index (χ4n) is 2.68. The number of nitrogens with one attached hydrogen (secondary N) is 1. The van der Waals surface area contributed by atoms with E-state index in [0.29, 0.717) is 19.5 Å². The Labute approximate surface area is 139 Å². The Morgan fingerprint density at radius 2 is 2.30 bits per heavy atom. The number of ether oxygens (including phenoxy) is 1. The molecule has 1 amide bonds. The van der Waals surface area contributed by atoms with Gasteiger partial charge in [-0.3, -0.25) is 4.79 Å². The predicted octanol–water partition coefficient (Wildman–Crippen LogP) is 2.11. The number of amides is 1. The van der Waals surface area contributed by atoms with Gasteiger partial charge in [-0.1, -0.05) is 24.3 Å². The molecule has 1 fully saturated rings. The normalized spacial score (nSPS) is 17.3. The zero-order chi connectivity index (χ0) is 16.1. The van der Waals surface area contributed by atoms with Gasteiger partial charge >= 0.3 is 0 Å². The number of hydrogen-bond acceptors (Lipinski definition) is 5. The van der Waals surface area contributed by atoms with E-state index >= 15 is 0 Å². The van der Waals surface area contributed by atoms with Crippen molar-refractivity contribution in [1.82, 2.24) is 10.3 Å². The number of thiazole rings is 1. The summed E-state index contributed by atoms with van der Waals surface area (Å²) in [5.41, 5.74) is 8.68. The fraction of sp³-hybridized carbons (Fsp3) is 0.412. The standard InChI is InChI=1S/C17H21N3O2S/c18-9-12-4-1-2-6-15(12)17-20-13(11-23-17)8-16(21)19-10-14-5-3-7-22-14/h1-2,4,6,11,14H,3,5,7-10,18H2,(H,19,21). The molecule has 0 spiro atoms. The lowest BCUT2D eigenvalue weighted by Crippen LogP contribution is -2.32. The second-order valence-corrected chi connectivity index (χ2v) is 6.48. The number of rotatable bonds is 6. The predicted molar refractivity (Wildman–Crippen MR) is 91.1 cm³/mol. The number of nitrogens with zero attached hydrogens (tertiary/aromatic N) is 1. The van der Waals surface area contributed by atoms with Crippen molar-refractivity contribution in [3.63, 3.8) is 0 Å². The maximum absolute atomic E-state index is 12.0. The highest BCUT2D eigenvalue weighted by Gasteiger charge is 2.17. The number of carbonyl (C=O) groups is 1. The van der Waals surface area contributed by atoms with E-state index in [4.69, 9.17) is 10.5 Å². The molecule has 3 rings (SSSR count). The first kappa shape index (κ1) is 16.1. The van der Waals surface area contributed by atoms with Crippen LogP contribution in [-0.2, 0) is 22.5 Å². The van der Waals surface area contributed by atoms with Gasteiger partial charge in [0.25, 0.3) is 0 Å². The lowest BCUT2D eigenvalue weighted by atomic mass is 10.1. The summed E-state index contributed by atoms with van der Waals surface area (Å²) >= 11 is 1.55. The number of nitrogens with two attached hydrogens (primary N) is 1. The van der Waals surface area contributed by atoms with E-state index in [9.17, 15) is 4.79 Å². The van der Waals surface area contributed by atoms with Gasteiger partial charge in [-0.2, -0.15) is 0 Å². The Hall–Kier alpha value is -1.76. The molecule has 122 valence electrons. The van der Waals surface area contributed by atoms with Crippen LogP contribution in [0.5, 0.6) is 0 Å². The van der Waals surface area contributed by atoms with Crippen molar-refractivity contribution in [3.05, 3.63) is 40.9 Å². The van der Waals surface area contributed by atoms with E-state index in [0.717, 1.165) is 41.3 Å². The third-order valence-electron chi connectivity index (χ3n) is 3.91.